The molecule has 10 heavy (non-hydrogen) atoms. The van der Waals surface area contributed by atoms with Crippen LogP contribution in [0.5, 0.6) is 0 Å². The second-order valence-corrected chi connectivity index (χ2v) is 1.61. The molecule has 0 heterocycles. The zero-order valence-electron chi connectivity index (χ0n) is 5.08. The fraction of sp³-hybridized carbons (Fsp3) is 0.111. The summed E-state index contributed by atoms with van der Waals surface area (Å²) in [4.78, 5) is 0. The molecule has 0 aromatic heterocycles. The van der Waals surface area contributed by atoms with E-state index in [4.69, 9.17) is 0 Å². The fourth-order valence-corrected chi connectivity index (χ4v) is 0.589. The van der Waals surface area contributed by atoms with Crippen molar-refractivity contribution in [3.63, 3.8) is 0 Å². The van der Waals surface area contributed by atoms with Crippen LogP contribution in [0.15, 0.2) is 36.9 Å². The summed E-state index contributed by atoms with van der Waals surface area (Å²) >= 11 is 0. The summed E-state index contributed by atoms with van der Waals surface area (Å²) in [5.74, 6) is 0. The van der Waals surface area contributed by atoms with Gasteiger partial charge in [-0.05, 0) is 5.56 Å². The van der Waals surface area contributed by atoms with Crippen LogP contribution < -0.4 is 0 Å². The molecule has 0 aliphatic carbocycles. The summed E-state index contributed by atoms with van der Waals surface area (Å²) in [5, 5.41) is 0. The fourth-order valence-electron chi connectivity index (χ4n) is 0.589. The lowest BCUT2D eigenvalue weighted by Gasteiger charge is -1.85. The summed E-state index contributed by atoms with van der Waals surface area (Å²) in [7, 11) is 0. The third kappa shape index (κ3) is 3.46. The van der Waals surface area contributed by atoms with Crippen LogP contribution in [-0.4, -0.2) is 0 Å². The van der Waals surface area contributed by atoms with Crippen LogP contribution in [0, 0.1) is 0 Å². The first-order chi connectivity index (χ1) is 3.93. The summed E-state index contributed by atoms with van der Waals surface area (Å²) in [6, 6.07) is 10.0. The van der Waals surface area contributed by atoms with Crippen molar-refractivity contribution in [1.82, 2.24) is 0 Å². The van der Waals surface area contributed by atoms with E-state index in [0.717, 1.165) is 0 Å². The van der Waals surface area contributed by atoms with Gasteiger partial charge in [-0.3, -0.25) is 0 Å². The van der Waals surface area contributed by atoms with Crippen LogP contribution in [0.25, 0.3) is 6.08 Å². The van der Waals surface area contributed by atoms with Gasteiger partial charge >= 0.3 is 0 Å². The Morgan fingerprint density at radius 3 is 1.90 bits per heavy atom. The average Bonchev–Trinajstić information content (AvgIpc) is 1.90. The third-order valence-corrected chi connectivity index (χ3v) is 1.04. The van der Waals surface area contributed by atoms with Gasteiger partial charge < -0.3 is 0 Å². The van der Waals surface area contributed by atoms with E-state index in [0.29, 0.717) is 0 Å². The Hall–Kier alpha value is -0.560. The predicted molar refractivity (Wildman–Crippen MR) is 53.6 cm³/mol. The summed E-state index contributed by atoms with van der Waals surface area (Å²) in [5.41, 5.74) is 1.17. The minimum Gasteiger partial charge on any atom is -0.114 e. The van der Waals surface area contributed by atoms with E-state index in [1.54, 1.807) is 0 Å². The number of benzene rings is 1. The summed E-state index contributed by atoms with van der Waals surface area (Å²) < 4.78 is 0. The molecule has 0 atom stereocenters. The maximum absolute atomic E-state index is 3.63. The first-order valence-electron chi connectivity index (χ1n) is 2.61. The molecule has 0 bridgehead atoms. The van der Waals surface area contributed by atoms with E-state index in [2.05, 4.69) is 6.58 Å². The first kappa shape index (κ1) is 12.1. The lowest BCUT2D eigenvalue weighted by Crippen LogP contribution is -1.63. The molecule has 0 amide bonds. The zero-order valence-corrected chi connectivity index (χ0v) is 6.79. The highest BCUT2D eigenvalue weighted by atomic mass is 79.9. The Balaban J connectivity index is 0. The number of halogens is 1. The maximum atomic E-state index is 3.63. The Kier molecular flexibility index (Phi) is 7.97. The lowest BCUT2D eigenvalue weighted by molar-refractivity contribution is 1.67. The van der Waals surface area contributed by atoms with Gasteiger partial charge in [0, 0.05) is 0 Å². The molecule has 0 N–H and O–H groups in total. The van der Waals surface area contributed by atoms with Gasteiger partial charge in [0.25, 0.3) is 0 Å². The van der Waals surface area contributed by atoms with Gasteiger partial charge in [0.2, 0.25) is 0 Å². The van der Waals surface area contributed by atoms with Gasteiger partial charge in [-0.1, -0.05) is 50.4 Å². The molecule has 1 heteroatoms. The monoisotopic (exact) mass is 200 g/mol. The standard InChI is InChI=1S/C8H8.CH4.BrH/c1-2-8-6-4-3-5-7-8;;/h2-7H,1H2;1H4;1H. The molecule has 0 fully saturated rings. The van der Waals surface area contributed by atoms with E-state index in [9.17, 15) is 0 Å². The van der Waals surface area contributed by atoms with Crippen LogP contribution in [-0.2, 0) is 0 Å². The second kappa shape index (κ2) is 6.56. The Morgan fingerprint density at radius 2 is 1.60 bits per heavy atom. The van der Waals surface area contributed by atoms with E-state index in [1.807, 2.05) is 36.4 Å². The highest BCUT2D eigenvalue weighted by Gasteiger charge is 1.75. The van der Waals surface area contributed by atoms with Crippen LogP contribution in [0.1, 0.15) is 13.0 Å². The van der Waals surface area contributed by atoms with E-state index in [1.165, 1.54) is 5.56 Å². The molecule has 1 aromatic carbocycles. The third-order valence-electron chi connectivity index (χ3n) is 1.04. The molecule has 0 spiro atoms. The number of hydrogen-bond acceptors (Lipinski definition) is 0. The molecule has 0 aliphatic rings. The van der Waals surface area contributed by atoms with Crippen molar-refractivity contribution in [2.75, 3.05) is 0 Å². The van der Waals surface area contributed by atoms with Gasteiger partial charge in [-0.2, -0.15) is 0 Å². The molecule has 0 saturated carbocycles. The van der Waals surface area contributed by atoms with Gasteiger partial charge in [-0.15, -0.1) is 17.0 Å². The highest BCUT2D eigenvalue weighted by molar-refractivity contribution is 8.93. The van der Waals surface area contributed by atoms with E-state index >= 15 is 0 Å². The van der Waals surface area contributed by atoms with Crippen molar-refractivity contribution in [1.29, 1.82) is 0 Å². The minimum atomic E-state index is 0. The SMILES string of the molecule is Br.C.C=Cc1ccccc1. The van der Waals surface area contributed by atoms with Crippen molar-refractivity contribution < 1.29 is 0 Å². The minimum absolute atomic E-state index is 0. The Labute approximate surface area is 73.4 Å². The first-order valence-corrected chi connectivity index (χ1v) is 2.61. The van der Waals surface area contributed by atoms with Crippen molar-refractivity contribution >= 4 is 23.1 Å². The maximum Gasteiger partial charge on any atom is -0.0263 e. The normalized spacial score (nSPS) is 6.80. The van der Waals surface area contributed by atoms with Gasteiger partial charge in [0.05, 0.1) is 0 Å². The predicted octanol–water partition coefficient (Wildman–Crippen LogP) is 3.54. The molecule has 1 aromatic rings. The molecular formula is C9H13Br. The van der Waals surface area contributed by atoms with E-state index in [-0.39, 0.29) is 24.4 Å². The van der Waals surface area contributed by atoms with Crippen LogP contribution in [0.2, 0.25) is 0 Å². The quantitative estimate of drug-likeness (QED) is 0.651. The van der Waals surface area contributed by atoms with Crippen LogP contribution in [0.3, 0.4) is 0 Å². The summed E-state index contributed by atoms with van der Waals surface area (Å²) in [6.45, 7) is 3.63. The molecule has 0 radical (unpaired) electrons. The van der Waals surface area contributed by atoms with Crippen molar-refractivity contribution in [3.05, 3.63) is 42.5 Å². The van der Waals surface area contributed by atoms with E-state index < -0.39 is 0 Å². The van der Waals surface area contributed by atoms with Crippen molar-refractivity contribution in [2.24, 2.45) is 0 Å². The zero-order chi connectivity index (χ0) is 5.82. The molecule has 0 nitrogen and oxygen atoms in total. The highest BCUT2D eigenvalue weighted by Crippen LogP contribution is 1.97. The summed E-state index contributed by atoms with van der Waals surface area (Å²) in [6.07, 6.45) is 1.83. The number of rotatable bonds is 1. The van der Waals surface area contributed by atoms with Gasteiger partial charge in [0.15, 0.2) is 0 Å². The Morgan fingerprint density at radius 1 is 1.10 bits per heavy atom. The van der Waals surface area contributed by atoms with Crippen molar-refractivity contribution in [2.45, 2.75) is 7.43 Å². The molecule has 56 valence electrons. The topological polar surface area (TPSA) is 0 Å². The molecule has 0 aliphatic heterocycles. The average molecular weight is 201 g/mol. The van der Waals surface area contributed by atoms with Crippen LogP contribution in [0.4, 0.5) is 0 Å². The molecule has 0 unspecified atom stereocenters. The van der Waals surface area contributed by atoms with Crippen molar-refractivity contribution in [3.8, 4) is 0 Å². The second-order valence-electron chi connectivity index (χ2n) is 1.61. The van der Waals surface area contributed by atoms with Gasteiger partial charge in [0.1, 0.15) is 0 Å². The van der Waals surface area contributed by atoms with Crippen LogP contribution >= 0.6 is 17.0 Å². The molecule has 0 saturated heterocycles. The number of hydrogen-bond donors (Lipinski definition) is 0. The molecule has 1 rings (SSSR count). The Bertz CT molecular complexity index is 167. The lowest BCUT2D eigenvalue weighted by atomic mass is 10.2. The van der Waals surface area contributed by atoms with Gasteiger partial charge in [-0.25, -0.2) is 0 Å². The largest absolute Gasteiger partial charge is 0.114 e. The smallest absolute Gasteiger partial charge is 0.0263 e. The molecular weight excluding hydrogens is 188 g/mol.